The number of aromatic nitrogens is 4. The number of furan rings is 1. The number of benzene rings is 7. The zero-order chi connectivity index (χ0) is 44.0. The fraction of sp³-hybridized carbons (Fsp3) is 0.0625. The first-order chi connectivity index (χ1) is 30.1. The van der Waals surface area contributed by atoms with Crippen LogP contribution >= 0.6 is 0 Å². The van der Waals surface area contributed by atoms with Crippen LogP contribution in [-0.2, 0) is 5.41 Å². The molecule has 250 valence electrons. The molecule has 53 heavy (non-hydrogen) atoms. The lowest BCUT2D eigenvalue weighted by atomic mass is 9.82. The van der Waals surface area contributed by atoms with Gasteiger partial charge in [0.15, 0.2) is 17.5 Å². The molecule has 10 aromatic rings. The van der Waals surface area contributed by atoms with Crippen LogP contribution in [0, 0.1) is 0 Å². The minimum Gasteiger partial charge on any atom is -0.456 e. The summed E-state index contributed by atoms with van der Waals surface area (Å²) >= 11 is 0. The van der Waals surface area contributed by atoms with E-state index in [9.17, 15) is 0 Å². The third-order valence-corrected chi connectivity index (χ3v) is 10.4. The normalized spacial score (nSPS) is 15.9. The molecule has 0 fully saturated rings. The van der Waals surface area contributed by atoms with Crippen LogP contribution in [0.25, 0.3) is 94.7 Å². The van der Waals surface area contributed by atoms with Gasteiger partial charge in [-0.3, -0.25) is 0 Å². The molecule has 0 unspecified atom stereocenters. The Morgan fingerprint density at radius 2 is 1.19 bits per heavy atom. The second-order valence-electron chi connectivity index (χ2n) is 13.7. The van der Waals surface area contributed by atoms with Gasteiger partial charge in [-0.15, -0.1) is 0 Å². The van der Waals surface area contributed by atoms with Crippen LogP contribution in [0.4, 0.5) is 0 Å². The number of hydrogen-bond donors (Lipinski definition) is 0. The Bertz CT molecular complexity index is 3540. The van der Waals surface area contributed by atoms with Gasteiger partial charge in [0.05, 0.1) is 24.7 Å². The smallest absolute Gasteiger partial charge is 0.164 e. The minimum atomic E-state index is -0.612. The molecule has 1 aliphatic rings. The standard InChI is InChI=1S/C48H32N4O/c1-48(2)39-19-11-9-17-33(39)36-28-42-37(27-40(36)48)34-18-10-12-20-41(34)52(42)32-22-24-43-38(26-32)35-23-21-31(25-44(35)53-43)47-50-45(29-13-5-3-6-14-29)49-46(51-47)30-15-7-4-8-16-30/h3-28H,1-2H3/i3D,4D,5D,6D,7D,8D,13D,14D,15D,16D. The molecule has 7 aromatic carbocycles. The molecule has 0 bridgehead atoms. The highest BCUT2D eigenvalue weighted by molar-refractivity contribution is 6.12. The number of hydrogen-bond acceptors (Lipinski definition) is 4. The van der Waals surface area contributed by atoms with E-state index in [1.54, 1.807) is 12.1 Å². The van der Waals surface area contributed by atoms with Gasteiger partial charge >= 0.3 is 0 Å². The summed E-state index contributed by atoms with van der Waals surface area (Å²) in [6.07, 6.45) is 0. The second-order valence-corrected chi connectivity index (χ2v) is 13.7. The average molecular weight is 691 g/mol. The molecule has 5 heteroatoms. The maximum atomic E-state index is 8.66. The van der Waals surface area contributed by atoms with Crippen molar-refractivity contribution in [2.75, 3.05) is 0 Å². The monoisotopic (exact) mass is 690 g/mol. The molecule has 0 amide bonds. The highest BCUT2D eigenvalue weighted by Crippen LogP contribution is 2.51. The van der Waals surface area contributed by atoms with Crippen molar-refractivity contribution in [3.63, 3.8) is 0 Å². The van der Waals surface area contributed by atoms with Gasteiger partial charge in [0.25, 0.3) is 0 Å². The van der Waals surface area contributed by atoms with E-state index in [2.05, 4.69) is 94.0 Å². The van der Waals surface area contributed by atoms with E-state index >= 15 is 0 Å². The Hall–Kier alpha value is -6.85. The first kappa shape index (κ1) is 21.5. The summed E-state index contributed by atoms with van der Waals surface area (Å²) in [5.74, 6) is -0.715. The van der Waals surface area contributed by atoms with Crippen molar-refractivity contribution >= 4 is 43.7 Å². The molecule has 0 atom stereocenters. The van der Waals surface area contributed by atoms with Crippen molar-refractivity contribution in [1.29, 1.82) is 0 Å². The van der Waals surface area contributed by atoms with Crippen molar-refractivity contribution in [2.45, 2.75) is 19.3 Å². The third-order valence-electron chi connectivity index (χ3n) is 10.4. The Kier molecular flexibility index (Phi) is 4.49. The predicted octanol–water partition coefficient (Wildman–Crippen LogP) is 12.2. The predicted molar refractivity (Wildman–Crippen MR) is 215 cm³/mol. The number of nitrogens with zero attached hydrogens (tertiary/aromatic N) is 4. The molecular formula is C48H32N4O. The summed E-state index contributed by atoms with van der Waals surface area (Å²) in [6, 6.07) is 27.1. The first-order valence-electron chi connectivity index (χ1n) is 22.2. The molecule has 11 rings (SSSR count). The minimum absolute atomic E-state index is 0.0424. The lowest BCUT2D eigenvalue weighted by Gasteiger charge is -2.21. The number of rotatable bonds is 4. The second kappa shape index (κ2) is 11.1. The Balaban J connectivity index is 1.10. The Labute approximate surface area is 319 Å². The zero-order valence-electron chi connectivity index (χ0n) is 38.4. The van der Waals surface area contributed by atoms with Gasteiger partial charge in [-0.2, -0.15) is 0 Å². The summed E-state index contributed by atoms with van der Waals surface area (Å²) in [5, 5.41) is 3.95. The lowest BCUT2D eigenvalue weighted by molar-refractivity contribution is 0.661. The van der Waals surface area contributed by atoms with Crippen LogP contribution in [0.1, 0.15) is 38.7 Å². The van der Waals surface area contributed by atoms with Gasteiger partial charge in [0, 0.05) is 49.3 Å². The molecule has 1 aliphatic carbocycles. The quantitative estimate of drug-likeness (QED) is 0.184. The van der Waals surface area contributed by atoms with Gasteiger partial charge in [0.2, 0.25) is 0 Å². The molecule has 0 aliphatic heterocycles. The van der Waals surface area contributed by atoms with Gasteiger partial charge in [-0.05, 0) is 70.8 Å². The zero-order valence-corrected chi connectivity index (χ0v) is 28.4. The molecule has 5 nitrogen and oxygen atoms in total. The van der Waals surface area contributed by atoms with Crippen molar-refractivity contribution in [3.05, 3.63) is 169 Å². The maximum Gasteiger partial charge on any atom is 0.164 e. The highest BCUT2D eigenvalue weighted by atomic mass is 16.3. The van der Waals surface area contributed by atoms with Crippen molar-refractivity contribution in [3.8, 4) is 51.0 Å². The van der Waals surface area contributed by atoms with E-state index < -0.39 is 60.4 Å². The largest absolute Gasteiger partial charge is 0.456 e. The van der Waals surface area contributed by atoms with Crippen molar-refractivity contribution in [2.24, 2.45) is 0 Å². The summed E-state index contributed by atoms with van der Waals surface area (Å²) in [5.41, 5.74) is 8.81. The van der Waals surface area contributed by atoms with E-state index in [-0.39, 0.29) is 34.0 Å². The molecule has 3 aromatic heterocycles. The number of para-hydroxylation sites is 1. The highest BCUT2D eigenvalue weighted by Gasteiger charge is 2.36. The van der Waals surface area contributed by atoms with Crippen LogP contribution < -0.4 is 0 Å². The van der Waals surface area contributed by atoms with E-state index in [1.165, 1.54) is 22.3 Å². The summed E-state index contributed by atoms with van der Waals surface area (Å²) in [6.45, 7) is 4.57. The van der Waals surface area contributed by atoms with E-state index in [1.807, 2.05) is 24.3 Å². The van der Waals surface area contributed by atoms with Crippen LogP contribution in [0.15, 0.2) is 162 Å². The van der Waals surface area contributed by atoms with Gasteiger partial charge in [-0.25, -0.2) is 15.0 Å². The molecule has 0 spiro atoms. The molecule has 3 heterocycles. The van der Waals surface area contributed by atoms with E-state index in [4.69, 9.17) is 18.1 Å². The fourth-order valence-corrected chi connectivity index (χ4v) is 7.94. The Morgan fingerprint density at radius 3 is 1.94 bits per heavy atom. The topological polar surface area (TPSA) is 56.7 Å². The summed E-state index contributed by atoms with van der Waals surface area (Å²) < 4.78 is 92.8. The molecule has 0 saturated heterocycles. The first-order valence-corrected chi connectivity index (χ1v) is 17.2. The third kappa shape index (κ3) is 4.47. The van der Waals surface area contributed by atoms with Crippen molar-refractivity contribution < 1.29 is 18.1 Å². The van der Waals surface area contributed by atoms with Crippen LogP contribution in [0.3, 0.4) is 0 Å². The lowest BCUT2D eigenvalue weighted by Crippen LogP contribution is -2.14. The van der Waals surface area contributed by atoms with Gasteiger partial charge < -0.3 is 8.98 Å². The van der Waals surface area contributed by atoms with Crippen molar-refractivity contribution in [1.82, 2.24) is 19.5 Å². The summed E-state index contributed by atoms with van der Waals surface area (Å²) in [4.78, 5) is 13.6. The maximum absolute atomic E-state index is 8.66. The van der Waals surface area contributed by atoms with E-state index in [0.29, 0.717) is 16.7 Å². The molecule has 0 radical (unpaired) electrons. The Morgan fingerprint density at radius 1 is 0.509 bits per heavy atom. The van der Waals surface area contributed by atoms with Gasteiger partial charge in [-0.1, -0.05) is 123 Å². The fourth-order valence-electron chi connectivity index (χ4n) is 7.94. The summed E-state index contributed by atoms with van der Waals surface area (Å²) in [7, 11) is 0. The molecule has 0 N–H and O–H groups in total. The average Bonchev–Trinajstić information content (AvgIpc) is 3.90. The SMILES string of the molecule is [2H]c1c([2H])c([2H])c(-c2nc(-c3ccc4c(c3)oc3ccc(-n5c6ccccc6c6cc7c(cc65)-c5ccccc5C7(C)C)cc34)nc(-c3c([2H])c([2H])c([2H])c([2H])c3[2H])n2)c([2H])c1[2H]. The number of fused-ring (bicyclic) bond motifs is 9. The van der Waals surface area contributed by atoms with Crippen LogP contribution in [-0.4, -0.2) is 19.5 Å². The van der Waals surface area contributed by atoms with Gasteiger partial charge in [0.1, 0.15) is 11.2 Å². The van der Waals surface area contributed by atoms with Crippen LogP contribution in [0.5, 0.6) is 0 Å². The molecular weight excluding hydrogens is 649 g/mol. The van der Waals surface area contributed by atoms with E-state index in [0.717, 1.165) is 38.3 Å². The van der Waals surface area contributed by atoms with Crippen LogP contribution in [0.2, 0.25) is 0 Å². The molecule has 0 saturated carbocycles.